The van der Waals surface area contributed by atoms with Gasteiger partial charge < -0.3 is 5.32 Å². The number of aryl methyl sites for hydroxylation is 1. The van der Waals surface area contributed by atoms with E-state index in [1.165, 1.54) is 24.3 Å². The number of nitrogens with one attached hydrogen (secondary N) is 1. The normalized spacial score (nSPS) is 12.0. The van der Waals surface area contributed by atoms with E-state index in [9.17, 15) is 14.4 Å². The maximum Gasteiger partial charge on any atom is 0.245 e. The van der Waals surface area contributed by atoms with E-state index >= 15 is 0 Å². The van der Waals surface area contributed by atoms with Crippen molar-refractivity contribution in [3.05, 3.63) is 93.5 Å². The first-order chi connectivity index (χ1) is 14.4. The van der Waals surface area contributed by atoms with Crippen LogP contribution >= 0.6 is 11.6 Å². The third-order valence-electron chi connectivity index (χ3n) is 4.75. The number of rotatable bonds is 6. The van der Waals surface area contributed by atoms with Crippen LogP contribution in [0.4, 0.5) is 4.39 Å². The smallest absolute Gasteiger partial charge is 0.245 e. The lowest BCUT2D eigenvalue weighted by Gasteiger charge is -2.11. The zero-order valence-electron chi connectivity index (χ0n) is 16.6. The first-order valence-electron chi connectivity index (χ1n) is 9.30. The Hall–Kier alpha value is -3.43. The topological polar surface area (TPSA) is 70.7 Å². The zero-order chi connectivity index (χ0) is 21.7. The van der Waals surface area contributed by atoms with Crippen LogP contribution in [0.2, 0.25) is 5.02 Å². The molecule has 5 nitrogen and oxygen atoms in total. The van der Waals surface area contributed by atoms with Gasteiger partial charge in [0.25, 0.3) is 0 Å². The third-order valence-corrected chi connectivity index (χ3v) is 5.12. The molecule has 2 aromatic carbocycles. The molecule has 0 radical (unpaired) electrons. The van der Waals surface area contributed by atoms with E-state index in [2.05, 4.69) is 10.4 Å². The van der Waals surface area contributed by atoms with Crippen molar-refractivity contribution < 1.29 is 9.18 Å². The van der Waals surface area contributed by atoms with E-state index < -0.39 is 17.8 Å². The number of carbonyl (C=O) groups is 1. The zero-order valence-corrected chi connectivity index (χ0v) is 17.3. The van der Waals surface area contributed by atoms with Gasteiger partial charge in [-0.15, -0.1) is 0 Å². The van der Waals surface area contributed by atoms with Crippen molar-refractivity contribution in [2.45, 2.75) is 26.4 Å². The Balaban J connectivity index is 1.75. The summed E-state index contributed by atoms with van der Waals surface area (Å²) in [4.78, 5) is 12.3. The summed E-state index contributed by atoms with van der Waals surface area (Å²) in [6.45, 7) is 4.27. The van der Waals surface area contributed by atoms with E-state index in [-0.39, 0.29) is 5.56 Å². The minimum absolute atomic E-state index is 0.127. The van der Waals surface area contributed by atoms with Crippen molar-refractivity contribution in [1.29, 1.82) is 5.26 Å². The fraction of sp³-hybridized carbons (Fsp3) is 0.174. The fourth-order valence-corrected chi connectivity index (χ4v) is 3.33. The molecule has 1 unspecified atom stereocenters. The maximum absolute atomic E-state index is 13.9. The predicted molar refractivity (Wildman–Crippen MR) is 114 cm³/mol. The molecule has 3 rings (SSSR count). The molecule has 1 atom stereocenters. The van der Waals surface area contributed by atoms with Crippen molar-refractivity contribution in [2.75, 3.05) is 0 Å². The second kappa shape index (κ2) is 9.38. The lowest BCUT2D eigenvalue weighted by Crippen LogP contribution is -2.26. The van der Waals surface area contributed by atoms with Gasteiger partial charge in [-0.25, -0.2) is 4.39 Å². The Kier molecular flexibility index (Phi) is 6.65. The van der Waals surface area contributed by atoms with Gasteiger partial charge in [-0.05, 0) is 37.6 Å². The molecular formula is C23H20ClFN4O. The minimum atomic E-state index is -1.08. The van der Waals surface area contributed by atoms with Crippen LogP contribution in [0, 0.1) is 31.0 Å². The Labute approximate surface area is 179 Å². The number of hydrogen-bond donors (Lipinski definition) is 1. The molecule has 0 bridgehead atoms. The Morgan fingerprint density at radius 3 is 2.67 bits per heavy atom. The molecule has 0 aliphatic carbocycles. The number of nitriles is 1. The van der Waals surface area contributed by atoms with Gasteiger partial charge in [-0.3, -0.25) is 9.48 Å². The molecule has 152 valence electrons. The first-order valence-corrected chi connectivity index (χ1v) is 9.68. The van der Waals surface area contributed by atoms with E-state index in [0.717, 1.165) is 22.5 Å². The first kappa shape index (κ1) is 21.3. The van der Waals surface area contributed by atoms with Gasteiger partial charge in [0, 0.05) is 27.9 Å². The van der Waals surface area contributed by atoms with Crippen LogP contribution in [0.1, 0.15) is 34.1 Å². The van der Waals surface area contributed by atoms with E-state index in [1.807, 2.05) is 48.9 Å². The Morgan fingerprint density at radius 1 is 1.27 bits per heavy atom. The maximum atomic E-state index is 13.9. The van der Waals surface area contributed by atoms with Gasteiger partial charge in [0.05, 0.1) is 18.3 Å². The second-order valence-corrected chi connectivity index (χ2v) is 7.17. The largest absolute Gasteiger partial charge is 0.333 e. The van der Waals surface area contributed by atoms with Crippen LogP contribution in [0.25, 0.3) is 6.08 Å². The summed E-state index contributed by atoms with van der Waals surface area (Å²) in [7, 11) is 0. The molecule has 1 amide bonds. The summed E-state index contributed by atoms with van der Waals surface area (Å²) >= 11 is 6.24. The molecule has 0 saturated heterocycles. The van der Waals surface area contributed by atoms with Gasteiger partial charge >= 0.3 is 0 Å². The number of aromatic nitrogens is 2. The summed E-state index contributed by atoms with van der Waals surface area (Å²) in [5.74, 6) is -1.04. The molecule has 1 aromatic heterocycles. The van der Waals surface area contributed by atoms with Crippen molar-refractivity contribution in [3.63, 3.8) is 0 Å². The summed E-state index contributed by atoms with van der Waals surface area (Å²) in [6.07, 6.45) is 2.97. The predicted octanol–water partition coefficient (Wildman–Crippen LogP) is 4.74. The number of benzene rings is 2. The lowest BCUT2D eigenvalue weighted by atomic mass is 10.1. The highest BCUT2D eigenvalue weighted by Gasteiger charge is 2.16. The quantitative estimate of drug-likeness (QED) is 0.583. The van der Waals surface area contributed by atoms with Gasteiger partial charge in [0.15, 0.2) is 0 Å². The average Bonchev–Trinajstić information content (AvgIpc) is 2.99. The van der Waals surface area contributed by atoms with Crippen LogP contribution in [0.5, 0.6) is 0 Å². The van der Waals surface area contributed by atoms with Crippen LogP contribution in [-0.2, 0) is 11.3 Å². The van der Waals surface area contributed by atoms with Crippen molar-refractivity contribution in [2.24, 2.45) is 0 Å². The number of carbonyl (C=O) groups excluding carboxylic acids is 1. The van der Waals surface area contributed by atoms with Gasteiger partial charge in [0.2, 0.25) is 5.91 Å². The summed E-state index contributed by atoms with van der Waals surface area (Å²) in [5.41, 5.74) is 3.51. The molecule has 7 heteroatoms. The van der Waals surface area contributed by atoms with Crippen LogP contribution < -0.4 is 5.32 Å². The number of amides is 1. The van der Waals surface area contributed by atoms with E-state index in [1.54, 1.807) is 12.1 Å². The lowest BCUT2D eigenvalue weighted by molar-refractivity contribution is -0.116. The highest BCUT2D eigenvalue weighted by molar-refractivity contribution is 6.31. The van der Waals surface area contributed by atoms with Crippen LogP contribution in [-0.4, -0.2) is 15.7 Å². The molecule has 1 N–H and O–H groups in total. The molecular weight excluding hydrogens is 403 g/mol. The standard InChI is InChI=1S/C23H20ClFN4O/c1-15-18(16(2)29(28-15)14-17-7-3-5-9-20(17)24)11-12-23(30)27-22(13-26)19-8-4-6-10-21(19)25/h3-12,22H,14H2,1-2H3,(H,27,30)/b12-11+. The molecule has 0 saturated carbocycles. The van der Waals surface area contributed by atoms with E-state index in [0.29, 0.717) is 11.6 Å². The fourth-order valence-electron chi connectivity index (χ4n) is 3.13. The van der Waals surface area contributed by atoms with Crippen molar-refractivity contribution in [1.82, 2.24) is 15.1 Å². The van der Waals surface area contributed by atoms with Gasteiger partial charge in [-0.1, -0.05) is 48.0 Å². The minimum Gasteiger partial charge on any atom is -0.333 e. The number of halogens is 2. The molecule has 1 heterocycles. The molecule has 0 fully saturated rings. The van der Waals surface area contributed by atoms with Crippen LogP contribution in [0.3, 0.4) is 0 Å². The molecule has 30 heavy (non-hydrogen) atoms. The highest BCUT2D eigenvalue weighted by atomic mass is 35.5. The average molecular weight is 423 g/mol. The van der Waals surface area contributed by atoms with Crippen molar-refractivity contribution in [3.8, 4) is 6.07 Å². The molecule has 3 aromatic rings. The second-order valence-electron chi connectivity index (χ2n) is 6.76. The monoisotopic (exact) mass is 422 g/mol. The van der Waals surface area contributed by atoms with Crippen LogP contribution in [0.15, 0.2) is 54.6 Å². The third kappa shape index (κ3) is 4.76. The Bertz CT molecular complexity index is 1150. The SMILES string of the molecule is Cc1nn(Cc2ccccc2Cl)c(C)c1/C=C/C(=O)NC(C#N)c1ccccc1F. The summed E-state index contributed by atoms with van der Waals surface area (Å²) < 4.78 is 15.7. The Morgan fingerprint density at radius 2 is 1.97 bits per heavy atom. The highest BCUT2D eigenvalue weighted by Crippen LogP contribution is 2.20. The number of hydrogen-bond acceptors (Lipinski definition) is 3. The van der Waals surface area contributed by atoms with E-state index in [4.69, 9.17) is 11.6 Å². The summed E-state index contributed by atoms with van der Waals surface area (Å²) in [6, 6.07) is 14.3. The van der Waals surface area contributed by atoms with Gasteiger partial charge in [0.1, 0.15) is 11.9 Å². The number of nitrogens with zero attached hydrogens (tertiary/aromatic N) is 3. The van der Waals surface area contributed by atoms with Gasteiger partial charge in [-0.2, -0.15) is 10.4 Å². The summed E-state index contributed by atoms with van der Waals surface area (Å²) in [5, 5.41) is 17.0. The molecule has 0 aliphatic rings. The molecule has 0 spiro atoms. The van der Waals surface area contributed by atoms with Crippen molar-refractivity contribution >= 4 is 23.6 Å². The molecule has 0 aliphatic heterocycles.